The van der Waals surface area contributed by atoms with Gasteiger partial charge in [-0.05, 0) is 38.1 Å². The number of aryl methyl sites for hydroxylation is 1. The van der Waals surface area contributed by atoms with E-state index >= 15 is 0 Å². The van der Waals surface area contributed by atoms with Crippen LogP contribution in [0, 0.1) is 11.2 Å². The van der Waals surface area contributed by atoms with Gasteiger partial charge in [-0.15, -0.1) is 0 Å². The number of aliphatic carboxylic acids is 1. The van der Waals surface area contributed by atoms with Gasteiger partial charge in [0, 0.05) is 19.4 Å². The number of rotatable bonds is 7. The molecule has 0 bridgehead atoms. The molecule has 0 aliphatic rings. The Bertz CT molecular complexity index is 736. The van der Waals surface area contributed by atoms with E-state index in [1.54, 1.807) is 44.2 Å². The van der Waals surface area contributed by atoms with E-state index in [1.165, 1.54) is 6.07 Å². The van der Waals surface area contributed by atoms with Crippen molar-refractivity contribution in [2.24, 2.45) is 5.41 Å². The van der Waals surface area contributed by atoms with E-state index in [4.69, 9.17) is 9.52 Å². The molecule has 0 spiro atoms. The van der Waals surface area contributed by atoms with E-state index in [9.17, 15) is 14.0 Å². The summed E-state index contributed by atoms with van der Waals surface area (Å²) in [6.45, 7) is 3.14. The van der Waals surface area contributed by atoms with Crippen molar-refractivity contribution in [3.63, 3.8) is 0 Å². The molecule has 6 heteroatoms. The Labute approximate surface area is 139 Å². The molecule has 1 aromatic carbocycles. The molecule has 128 valence electrons. The summed E-state index contributed by atoms with van der Waals surface area (Å²) in [5, 5.41) is 11.6. The Morgan fingerprint density at radius 2 is 1.92 bits per heavy atom. The number of furan rings is 1. The largest absolute Gasteiger partial charge is 0.481 e. The molecule has 2 aromatic rings. The number of halogens is 1. The molecule has 1 amide bonds. The summed E-state index contributed by atoms with van der Waals surface area (Å²) in [5.41, 5.74) is -0.644. The molecule has 24 heavy (non-hydrogen) atoms. The number of carbonyl (C=O) groups excluding carboxylic acids is 1. The number of amides is 1. The van der Waals surface area contributed by atoms with Crippen LogP contribution in [0.5, 0.6) is 0 Å². The van der Waals surface area contributed by atoms with Gasteiger partial charge in [0.25, 0.3) is 0 Å². The van der Waals surface area contributed by atoms with Gasteiger partial charge in [-0.1, -0.05) is 12.1 Å². The predicted molar refractivity (Wildman–Crippen MR) is 86.8 cm³/mol. The summed E-state index contributed by atoms with van der Waals surface area (Å²) in [4.78, 5) is 22.8. The highest BCUT2D eigenvalue weighted by molar-refractivity contribution is 5.78. The standard InChI is InChI=1S/C18H20FNO4/c1-18(2,17(22)23)11-20-16(21)10-8-12-7-9-15(24-12)13-5-3-4-6-14(13)19/h3-7,9H,8,10-11H2,1-2H3,(H,20,21)(H,22,23). The van der Waals surface area contributed by atoms with Gasteiger partial charge in [-0.2, -0.15) is 0 Å². The Morgan fingerprint density at radius 3 is 2.58 bits per heavy atom. The number of hydrogen-bond acceptors (Lipinski definition) is 3. The monoisotopic (exact) mass is 333 g/mol. The summed E-state index contributed by atoms with van der Waals surface area (Å²) in [5.74, 6) is -0.611. The van der Waals surface area contributed by atoms with Gasteiger partial charge in [0.2, 0.25) is 5.91 Å². The first-order valence-electron chi connectivity index (χ1n) is 7.63. The van der Waals surface area contributed by atoms with Crippen molar-refractivity contribution in [1.82, 2.24) is 5.32 Å². The van der Waals surface area contributed by atoms with Crippen LogP contribution in [0.1, 0.15) is 26.0 Å². The molecule has 0 atom stereocenters. The van der Waals surface area contributed by atoms with Gasteiger partial charge >= 0.3 is 5.97 Å². The van der Waals surface area contributed by atoms with Crippen LogP contribution >= 0.6 is 0 Å². The molecule has 0 saturated heterocycles. The minimum absolute atomic E-state index is 0.0554. The van der Waals surface area contributed by atoms with Crippen molar-refractivity contribution in [3.8, 4) is 11.3 Å². The summed E-state index contributed by atoms with van der Waals surface area (Å²) in [7, 11) is 0. The zero-order chi connectivity index (χ0) is 17.7. The first-order chi connectivity index (χ1) is 11.3. The van der Waals surface area contributed by atoms with Crippen molar-refractivity contribution in [2.45, 2.75) is 26.7 Å². The quantitative estimate of drug-likeness (QED) is 0.815. The fourth-order valence-electron chi connectivity index (χ4n) is 2.04. The van der Waals surface area contributed by atoms with Gasteiger partial charge in [0.05, 0.1) is 11.0 Å². The van der Waals surface area contributed by atoms with E-state index in [1.807, 2.05) is 0 Å². The molecule has 0 aliphatic heterocycles. The maximum Gasteiger partial charge on any atom is 0.310 e. The Kier molecular flexibility index (Phi) is 5.39. The van der Waals surface area contributed by atoms with Gasteiger partial charge in [-0.3, -0.25) is 9.59 Å². The summed E-state index contributed by atoms with van der Waals surface area (Å²) < 4.78 is 19.3. The highest BCUT2D eigenvalue weighted by Crippen LogP contribution is 2.25. The summed E-state index contributed by atoms with van der Waals surface area (Å²) in [6, 6.07) is 9.67. The number of carbonyl (C=O) groups is 2. The second-order valence-electron chi connectivity index (χ2n) is 6.21. The average molecular weight is 333 g/mol. The molecule has 0 unspecified atom stereocenters. The maximum absolute atomic E-state index is 13.7. The second kappa shape index (κ2) is 7.29. The van der Waals surface area contributed by atoms with Crippen molar-refractivity contribution >= 4 is 11.9 Å². The zero-order valence-electron chi connectivity index (χ0n) is 13.6. The minimum atomic E-state index is -1.02. The third-order valence-corrected chi connectivity index (χ3v) is 3.71. The molecule has 1 heterocycles. The van der Waals surface area contributed by atoms with E-state index < -0.39 is 11.4 Å². The third kappa shape index (κ3) is 4.44. The van der Waals surface area contributed by atoms with Crippen molar-refractivity contribution in [1.29, 1.82) is 0 Å². The number of carboxylic acid groups (broad SMARTS) is 1. The fraction of sp³-hybridized carbons (Fsp3) is 0.333. The van der Waals surface area contributed by atoms with Crippen LogP contribution in [0.4, 0.5) is 4.39 Å². The lowest BCUT2D eigenvalue weighted by molar-refractivity contribution is -0.146. The van der Waals surface area contributed by atoms with Crippen LogP contribution in [-0.2, 0) is 16.0 Å². The van der Waals surface area contributed by atoms with E-state index in [-0.39, 0.29) is 24.7 Å². The molecule has 5 nitrogen and oxygen atoms in total. The smallest absolute Gasteiger partial charge is 0.310 e. The number of benzene rings is 1. The summed E-state index contributed by atoms with van der Waals surface area (Å²) >= 11 is 0. The van der Waals surface area contributed by atoms with Crippen LogP contribution in [0.2, 0.25) is 0 Å². The number of carboxylic acids is 1. The average Bonchev–Trinajstić information content (AvgIpc) is 3.00. The van der Waals surface area contributed by atoms with E-state index in [0.29, 0.717) is 23.5 Å². The first-order valence-corrected chi connectivity index (χ1v) is 7.63. The lowest BCUT2D eigenvalue weighted by Crippen LogP contribution is -2.38. The Morgan fingerprint density at radius 1 is 1.21 bits per heavy atom. The third-order valence-electron chi connectivity index (χ3n) is 3.71. The lowest BCUT2D eigenvalue weighted by atomic mass is 9.94. The van der Waals surface area contributed by atoms with Crippen molar-refractivity contribution in [3.05, 3.63) is 48.0 Å². The molecule has 0 fully saturated rings. The topological polar surface area (TPSA) is 79.5 Å². The van der Waals surface area contributed by atoms with Crippen LogP contribution < -0.4 is 5.32 Å². The Hall–Kier alpha value is -2.63. The zero-order valence-corrected chi connectivity index (χ0v) is 13.6. The van der Waals surface area contributed by atoms with E-state index in [2.05, 4.69) is 5.32 Å². The van der Waals surface area contributed by atoms with Crippen LogP contribution in [-0.4, -0.2) is 23.5 Å². The molecule has 1 aromatic heterocycles. The fourth-order valence-corrected chi connectivity index (χ4v) is 2.04. The molecule has 0 radical (unpaired) electrons. The molecule has 0 aliphatic carbocycles. The van der Waals surface area contributed by atoms with Gasteiger partial charge in [0.1, 0.15) is 17.3 Å². The number of hydrogen-bond donors (Lipinski definition) is 2. The van der Waals surface area contributed by atoms with Gasteiger partial charge in [0.15, 0.2) is 0 Å². The highest BCUT2D eigenvalue weighted by atomic mass is 19.1. The first kappa shape index (κ1) is 17.7. The lowest BCUT2D eigenvalue weighted by Gasteiger charge is -2.19. The van der Waals surface area contributed by atoms with Crippen LogP contribution in [0.15, 0.2) is 40.8 Å². The van der Waals surface area contributed by atoms with Gasteiger partial charge in [-0.25, -0.2) is 4.39 Å². The van der Waals surface area contributed by atoms with Gasteiger partial charge < -0.3 is 14.8 Å². The molecular formula is C18H20FNO4. The highest BCUT2D eigenvalue weighted by Gasteiger charge is 2.27. The normalized spacial score (nSPS) is 11.3. The molecule has 0 saturated carbocycles. The van der Waals surface area contributed by atoms with Crippen molar-refractivity contribution < 1.29 is 23.5 Å². The molecule has 2 N–H and O–H groups in total. The number of nitrogens with one attached hydrogen (secondary N) is 1. The second-order valence-corrected chi connectivity index (χ2v) is 6.21. The predicted octanol–water partition coefficient (Wildman–Crippen LogP) is 3.25. The molecular weight excluding hydrogens is 313 g/mol. The summed E-state index contributed by atoms with van der Waals surface area (Å²) in [6.07, 6.45) is 0.522. The SMILES string of the molecule is CC(C)(CNC(=O)CCc1ccc(-c2ccccc2F)o1)C(=O)O. The van der Waals surface area contributed by atoms with Crippen LogP contribution in [0.25, 0.3) is 11.3 Å². The van der Waals surface area contributed by atoms with Crippen LogP contribution in [0.3, 0.4) is 0 Å². The Balaban J connectivity index is 1.88. The minimum Gasteiger partial charge on any atom is -0.481 e. The van der Waals surface area contributed by atoms with E-state index in [0.717, 1.165) is 0 Å². The van der Waals surface area contributed by atoms with Crippen molar-refractivity contribution in [2.75, 3.05) is 6.54 Å². The molecule has 2 rings (SSSR count). The maximum atomic E-state index is 13.7.